The number of nitrogens with two attached hydrogens (primary N) is 1. The van der Waals surface area contributed by atoms with Crippen molar-refractivity contribution in [3.8, 4) is 11.3 Å². The van der Waals surface area contributed by atoms with Crippen LogP contribution in [0.4, 0.5) is 5.95 Å². The molecule has 0 radical (unpaired) electrons. The lowest BCUT2D eigenvalue weighted by Crippen LogP contribution is -1.96. The van der Waals surface area contributed by atoms with E-state index < -0.39 is 0 Å². The number of nitrogen functional groups attached to an aromatic ring is 1. The third kappa shape index (κ3) is 2.10. The van der Waals surface area contributed by atoms with Crippen molar-refractivity contribution in [3.63, 3.8) is 0 Å². The quantitative estimate of drug-likeness (QED) is 0.897. The average Bonchev–Trinajstić information content (AvgIpc) is 2.57. The number of aromatic nitrogens is 2. The molecule has 1 aromatic carbocycles. The number of rotatable bonds is 2. The fourth-order valence-corrected chi connectivity index (χ4v) is 2.15. The summed E-state index contributed by atoms with van der Waals surface area (Å²) in [7, 11) is 1.82. The largest absolute Gasteiger partial charge is 0.369 e. The minimum atomic E-state index is 0.435. The maximum absolute atomic E-state index is 6.27. The summed E-state index contributed by atoms with van der Waals surface area (Å²) in [6, 6.07) is 6.39. The molecular weight excluding hydrogens is 246 g/mol. The molecule has 1 heterocycles. The smallest absolute Gasteiger partial charge is 0.201 e. The van der Waals surface area contributed by atoms with Crippen LogP contribution in [0.15, 0.2) is 18.2 Å². The van der Waals surface area contributed by atoms with Gasteiger partial charge in [-0.05, 0) is 30.0 Å². The Balaban J connectivity index is 2.62. The topological polar surface area (TPSA) is 43.8 Å². The molecule has 1 aromatic heterocycles. The highest BCUT2D eigenvalue weighted by molar-refractivity contribution is 6.32. The van der Waals surface area contributed by atoms with Gasteiger partial charge < -0.3 is 10.3 Å². The molecule has 0 amide bonds. The van der Waals surface area contributed by atoms with Gasteiger partial charge in [0.25, 0.3) is 0 Å². The second-order valence-electron chi connectivity index (χ2n) is 4.90. The predicted molar refractivity (Wildman–Crippen MR) is 76.9 cm³/mol. The van der Waals surface area contributed by atoms with Crippen molar-refractivity contribution >= 4 is 17.5 Å². The van der Waals surface area contributed by atoms with Crippen molar-refractivity contribution < 1.29 is 0 Å². The van der Waals surface area contributed by atoms with E-state index in [0.29, 0.717) is 17.0 Å². The fraction of sp³-hybridized carbons (Fsp3) is 0.357. The summed E-state index contributed by atoms with van der Waals surface area (Å²) in [5.74, 6) is 0.911. The number of hydrogen-bond acceptors (Lipinski definition) is 2. The molecule has 0 unspecified atom stereocenters. The Morgan fingerprint density at radius 1 is 1.33 bits per heavy atom. The number of hydrogen-bond donors (Lipinski definition) is 1. The minimum absolute atomic E-state index is 0.435. The molecule has 18 heavy (non-hydrogen) atoms. The normalized spacial score (nSPS) is 11.2. The van der Waals surface area contributed by atoms with Gasteiger partial charge in [-0.2, -0.15) is 0 Å². The average molecular weight is 264 g/mol. The summed E-state index contributed by atoms with van der Waals surface area (Å²) < 4.78 is 1.69. The highest BCUT2D eigenvalue weighted by atomic mass is 35.5. The zero-order valence-corrected chi connectivity index (χ0v) is 11.9. The maximum atomic E-state index is 6.27. The Kier molecular flexibility index (Phi) is 3.35. The van der Waals surface area contributed by atoms with Crippen LogP contribution in [0.1, 0.15) is 30.9 Å². The molecule has 4 heteroatoms. The van der Waals surface area contributed by atoms with Crippen LogP contribution in [0.5, 0.6) is 0 Å². The molecule has 96 valence electrons. The van der Waals surface area contributed by atoms with Gasteiger partial charge in [0.05, 0.1) is 0 Å². The van der Waals surface area contributed by atoms with Crippen LogP contribution in [0.2, 0.25) is 5.15 Å². The van der Waals surface area contributed by atoms with Gasteiger partial charge in [0.15, 0.2) is 0 Å². The first kappa shape index (κ1) is 13.0. The summed E-state index contributed by atoms with van der Waals surface area (Å²) in [6.45, 7) is 6.40. The van der Waals surface area contributed by atoms with E-state index >= 15 is 0 Å². The van der Waals surface area contributed by atoms with Crippen LogP contribution in [0.3, 0.4) is 0 Å². The van der Waals surface area contributed by atoms with E-state index in [2.05, 4.69) is 44.0 Å². The zero-order valence-electron chi connectivity index (χ0n) is 11.2. The maximum Gasteiger partial charge on any atom is 0.201 e. The van der Waals surface area contributed by atoms with Crippen LogP contribution in [-0.2, 0) is 7.05 Å². The molecule has 0 aliphatic heterocycles. The van der Waals surface area contributed by atoms with Gasteiger partial charge in [-0.3, -0.25) is 0 Å². The molecule has 0 fully saturated rings. The Bertz CT molecular complexity index is 585. The number of halogens is 1. The Morgan fingerprint density at radius 3 is 2.50 bits per heavy atom. The highest BCUT2D eigenvalue weighted by Gasteiger charge is 2.15. The van der Waals surface area contributed by atoms with E-state index in [4.69, 9.17) is 17.3 Å². The molecule has 0 bridgehead atoms. The van der Waals surface area contributed by atoms with E-state index in [1.807, 2.05) is 7.05 Å². The van der Waals surface area contributed by atoms with Gasteiger partial charge in [0.2, 0.25) is 5.95 Å². The van der Waals surface area contributed by atoms with Gasteiger partial charge in [0.1, 0.15) is 10.8 Å². The van der Waals surface area contributed by atoms with Crippen LogP contribution < -0.4 is 5.73 Å². The van der Waals surface area contributed by atoms with Crippen molar-refractivity contribution in [1.82, 2.24) is 9.55 Å². The summed E-state index contributed by atoms with van der Waals surface area (Å²) in [4.78, 5) is 4.35. The van der Waals surface area contributed by atoms with Gasteiger partial charge in [-0.15, -0.1) is 0 Å². The number of benzene rings is 1. The van der Waals surface area contributed by atoms with Crippen molar-refractivity contribution in [3.05, 3.63) is 34.5 Å². The number of nitrogens with zero attached hydrogens (tertiary/aromatic N) is 2. The second-order valence-corrected chi connectivity index (χ2v) is 5.26. The Hall–Kier alpha value is -1.48. The summed E-state index contributed by atoms with van der Waals surface area (Å²) in [5.41, 5.74) is 10.0. The number of anilines is 1. The van der Waals surface area contributed by atoms with Crippen molar-refractivity contribution in [2.45, 2.75) is 26.7 Å². The molecule has 0 atom stereocenters. The third-order valence-corrected chi connectivity index (χ3v) is 3.68. The Labute approximate surface area is 113 Å². The van der Waals surface area contributed by atoms with Crippen LogP contribution in [0.25, 0.3) is 11.3 Å². The van der Waals surface area contributed by atoms with Crippen LogP contribution >= 0.6 is 11.6 Å². The third-order valence-electron chi connectivity index (χ3n) is 3.24. The first-order valence-electron chi connectivity index (χ1n) is 6.00. The second kappa shape index (κ2) is 4.65. The molecule has 3 nitrogen and oxygen atoms in total. The first-order chi connectivity index (χ1) is 8.41. The molecule has 0 saturated heterocycles. The molecule has 0 aliphatic carbocycles. The van der Waals surface area contributed by atoms with Gasteiger partial charge in [-0.1, -0.05) is 37.6 Å². The lowest BCUT2D eigenvalue weighted by molar-refractivity contribution is 0.866. The fourth-order valence-electron chi connectivity index (χ4n) is 1.92. The molecule has 0 aliphatic rings. The van der Waals surface area contributed by atoms with E-state index in [0.717, 1.165) is 16.8 Å². The van der Waals surface area contributed by atoms with E-state index in [1.165, 1.54) is 5.56 Å². The van der Waals surface area contributed by atoms with Gasteiger partial charge >= 0.3 is 0 Å². The molecule has 2 aromatic rings. The van der Waals surface area contributed by atoms with Gasteiger partial charge in [0, 0.05) is 12.6 Å². The number of aryl methyl sites for hydroxylation is 1. The number of imidazole rings is 1. The zero-order chi connectivity index (χ0) is 13.4. The summed E-state index contributed by atoms with van der Waals surface area (Å²) >= 11 is 6.27. The minimum Gasteiger partial charge on any atom is -0.369 e. The van der Waals surface area contributed by atoms with E-state index in [9.17, 15) is 0 Å². The van der Waals surface area contributed by atoms with Crippen LogP contribution in [-0.4, -0.2) is 9.55 Å². The first-order valence-corrected chi connectivity index (χ1v) is 6.38. The standard InChI is InChI=1S/C14H18ClN3/c1-8(2)10-6-5-9(3)11(7-10)12-13(15)18(4)14(16)17-12/h5-8H,1-4H3,(H2,16,17). The summed E-state index contributed by atoms with van der Waals surface area (Å²) in [5, 5.41) is 0.580. The SMILES string of the molecule is Cc1ccc(C(C)C)cc1-c1nc(N)n(C)c1Cl. The van der Waals surface area contributed by atoms with Crippen molar-refractivity contribution in [2.75, 3.05) is 5.73 Å². The lowest BCUT2D eigenvalue weighted by Gasteiger charge is -2.10. The Morgan fingerprint density at radius 2 is 2.00 bits per heavy atom. The van der Waals surface area contributed by atoms with Crippen molar-refractivity contribution in [2.24, 2.45) is 7.05 Å². The van der Waals surface area contributed by atoms with E-state index in [-0.39, 0.29) is 0 Å². The predicted octanol–water partition coefficient (Wildman–Crippen LogP) is 3.75. The van der Waals surface area contributed by atoms with Gasteiger partial charge in [-0.25, -0.2) is 4.98 Å². The van der Waals surface area contributed by atoms with E-state index in [1.54, 1.807) is 4.57 Å². The molecule has 0 spiro atoms. The molecule has 2 rings (SSSR count). The van der Waals surface area contributed by atoms with Crippen LogP contribution in [0, 0.1) is 6.92 Å². The molecular formula is C14H18ClN3. The molecule has 2 N–H and O–H groups in total. The molecule has 0 saturated carbocycles. The monoisotopic (exact) mass is 263 g/mol. The lowest BCUT2D eigenvalue weighted by atomic mass is 9.96. The summed E-state index contributed by atoms with van der Waals surface area (Å²) in [6.07, 6.45) is 0. The van der Waals surface area contributed by atoms with Crippen molar-refractivity contribution in [1.29, 1.82) is 0 Å². The highest BCUT2D eigenvalue weighted by Crippen LogP contribution is 2.32.